The third-order valence-electron chi connectivity index (χ3n) is 2.68. The number of carbonyl (C=O) groups excluding carboxylic acids is 3. The van der Waals surface area contributed by atoms with Gasteiger partial charge >= 0.3 is 0 Å². The van der Waals surface area contributed by atoms with Gasteiger partial charge in [-0.1, -0.05) is 17.7 Å². The van der Waals surface area contributed by atoms with E-state index in [-0.39, 0.29) is 30.3 Å². The van der Waals surface area contributed by atoms with Gasteiger partial charge in [0.15, 0.2) is 0 Å². The summed E-state index contributed by atoms with van der Waals surface area (Å²) in [4.78, 5) is 36.2. The van der Waals surface area contributed by atoms with Crippen LogP contribution in [-0.4, -0.2) is 42.4 Å². The Kier molecular flexibility index (Phi) is 3.82. The summed E-state index contributed by atoms with van der Waals surface area (Å²) < 4.78 is 0. The highest BCUT2D eigenvalue weighted by Crippen LogP contribution is 2.33. The van der Waals surface area contributed by atoms with E-state index in [1.165, 1.54) is 6.07 Å². The molecule has 0 spiro atoms. The van der Waals surface area contributed by atoms with Gasteiger partial charge in [-0.05, 0) is 12.1 Å². The van der Waals surface area contributed by atoms with Gasteiger partial charge in [-0.15, -0.1) is 0 Å². The maximum Gasteiger partial charge on any atom is 0.300 e. The molecule has 1 aromatic carbocycles. The Bertz CT molecular complexity index is 559. The van der Waals surface area contributed by atoms with Crippen molar-refractivity contribution in [1.29, 1.82) is 0 Å². The lowest BCUT2D eigenvalue weighted by atomic mass is 10.1. The van der Waals surface area contributed by atoms with Gasteiger partial charge < -0.3 is 10.4 Å². The average molecular weight is 283 g/mol. The molecule has 2 N–H and O–H groups in total. The smallest absolute Gasteiger partial charge is 0.300 e. The highest BCUT2D eigenvalue weighted by Gasteiger charge is 2.38. The summed E-state index contributed by atoms with van der Waals surface area (Å²) in [6.07, 6.45) is 0. The molecule has 0 saturated carbocycles. The molecule has 0 bridgehead atoms. The topological polar surface area (TPSA) is 86.7 Å². The molecular formula is C12H11ClN2O4. The standard InChI is InChI=1S/C12H11ClN2O4/c13-7-2-1-3-8-10(7)11(18)12(19)15(8)6-9(17)14-4-5-16/h1-3,16H,4-6H2,(H,14,17). The molecule has 1 aliphatic heterocycles. The lowest BCUT2D eigenvalue weighted by Crippen LogP contribution is -2.40. The number of hydrogen-bond donors (Lipinski definition) is 2. The van der Waals surface area contributed by atoms with E-state index < -0.39 is 17.6 Å². The first-order chi connectivity index (χ1) is 9.06. The summed E-state index contributed by atoms with van der Waals surface area (Å²) in [5.74, 6) is -1.94. The number of aliphatic hydroxyl groups is 1. The van der Waals surface area contributed by atoms with E-state index in [4.69, 9.17) is 16.7 Å². The SMILES string of the molecule is O=C(CN1C(=O)C(=O)c2c(Cl)cccc21)NCCO. The number of aliphatic hydroxyl groups excluding tert-OH is 1. The number of rotatable bonds is 4. The van der Waals surface area contributed by atoms with Crippen LogP contribution in [0.25, 0.3) is 0 Å². The Hall–Kier alpha value is -1.92. The van der Waals surface area contributed by atoms with Gasteiger partial charge in [0.05, 0.1) is 22.9 Å². The van der Waals surface area contributed by atoms with Crippen LogP contribution in [0.5, 0.6) is 0 Å². The molecule has 0 aliphatic carbocycles. The summed E-state index contributed by atoms with van der Waals surface area (Å²) in [5, 5.41) is 11.2. The highest BCUT2D eigenvalue weighted by molar-refractivity contribution is 6.55. The van der Waals surface area contributed by atoms with Crippen LogP contribution in [0.15, 0.2) is 18.2 Å². The van der Waals surface area contributed by atoms with Crippen molar-refractivity contribution in [2.75, 3.05) is 24.6 Å². The fourth-order valence-electron chi connectivity index (χ4n) is 1.85. The minimum Gasteiger partial charge on any atom is -0.395 e. The van der Waals surface area contributed by atoms with Gasteiger partial charge in [-0.25, -0.2) is 0 Å². The molecule has 0 unspecified atom stereocenters. The van der Waals surface area contributed by atoms with E-state index in [0.717, 1.165) is 4.90 Å². The second kappa shape index (κ2) is 5.38. The average Bonchev–Trinajstić information content (AvgIpc) is 2.63. The molecule has 2 amide bonds. The zero-order valence-corrected chi connectivity index (χ0v) is 10.6. The number of anilines is 1. The van der Waals surface area contributed by atoms with Gasteiger partial charge in [0.1, 0.15) is 6.54 Å². The number of amides is 2. The second-order valence-corrected chi connectivity index (χ2v) is 4.34. The van der Waals surface area contributed by atoms with Crippen LogP contribution in [0.1, 0.15) is 10.4 Å². The number of hydrogen-bond acceptors (Lipinski definition) is 4. The van der Waals surface area contributed by atoms with Crippen LogP contribution < -0.4 is 10.2 Å². The zero-order valence-electron chi connectivity index (χ0n) is 9.85. The van der Waals surface area contributed by atoms with Crippen LogP contribution in [0, 0.1) is 0 Å². The predicted molar refractivity (Wildman–Crippen MR) is 68.2 cm³/mol. The molecule has 100 valence electrons. The van der Waals surface area contributed by atoms with Crippen molar-refractivity contribution in [2.24, 2.45) is 0 Å². The molecule has 6 nitrogen and oxygen atoms in total. The molecule has 2 rings (SSSR count). The number of Topliss-reactive ketones (excluding diaryl/α,β-unsaturated/α-hetero) is 1. The number of fused-ring (bicyclic) bond motifs is 1. The number of nitrogens with one attached hydrogen (secondary N) is 1. The van der Waals surface area contributed by atoms with Crippen LogP contribution >= 0.6 is 11.6 Å². The number of carbonyl (C=O) groups is 3. The van der Waals surface area contributed by atoms with Gasteiger partial charge in [-0.2, -0.15) is 0 Å². The molecule has 7 heteroatoms. The van der Waals surface area contributed by atoms with Crippen LogP contribution in [-0.2, 0) is 9.59 Å². The molecule has 0 saturated heterocycles. The third-order valence-corrected chi connectivity index (χ3v) is 3.00. The van der Waals surface area contributed by atoms with E-state index in [0.29, 0.717) is 5.69 Å². The van der Waals surface area contributed by atoms with Crippen LogP contribution in [0.3, 0.4) is 0 Å². The number of ketones is 1. The molecule has 0 fully saturated rings. The lowest BCUT2D eigenvalue weighted by molar-refractivity contribution is -0.122. The normalized spacial score (nSPS) is 13.7. The number of nitrogens with zero attached hydrogens (tertiary/aromatic N) is 1. The Labute approximate surface area is 114 Å². The minimum absolute atomic E-state index is 0.0945. The minimum atomic E-state index is -0.776. The first kappa shape index (κ1) is 13.5. The summed E-state index contributed by atoms with van der Waals surface area (Å²) in [6, 6.07) is 4.68. The molecule has 1 aromatic rings. The van der Waals surface area contributed by atoms with Crippen molar-refractivity contribution >= 4 is 34.9 Å². The lowest BCUT2D eigenvalue weighted by Gasteiger charge is -2.15. The van der Waals surface area contributed by atoms with Crippen molar-refractivity contribution in [1.82, 2.24) is 5.32 Å². The van der Waals surface area contributed by atoms with Crippen molar-refractivity contribution in [3.8, 4) is 0 Å². The zero-order chi connectivity index (χ0) is 14.0. The maximum absolute atomic E-state index is 11.8. The summed E-state index contributed by atoms with van der Waals surface area (Å²) in [5.41, 5.74) is 0.464. The van der Waals surface area contributed by atoms with E-state index in [1.807, 2.05) is 0 Å². The number of benzene rings is 1. The molecule has 0 radical (unpaired) electrons. The fraction of sp³-hybridized carbons (Fsp3) is 0.250. The van der Waals surface area contributed by atoms with Crippen molar-refractivity contribution in [3.63, 3.8) is 0 Å². The molecule has 1 heterocycles. The third kappa shape index (κ3) is 2.45. The summed E-state index contributed by atoms with van der Waals surface area (Å²) >= 11 is 5.88. The molecule has 19 heavy (non-hydrogen) atoms. The highest BCUT2D eigenvalue weighted by atomic mass is 35.5. The second-order valence-electron chi connectivity index (χ2n) is 3.93. The molecular weight excluding hydrogens is 272 g/mol. The van der Waals surface area contributed by atoms with Crippen molar-refractivity contribution in [2.45, 2.75) is 0 Å². The van der Waals surface area contributed by atoms with Crippen molar-refractivity contribution in [3.05, 3.63) is 28.8 Å². The van der Waals surface area contributed by atoms with E-state index in [2.05, 4.69) is 5.32 Å². The Balaban J connectivity index is 2.24. The van der Waals surface area contributed by atoms with Crippen LogP contribution in [0.4, 0.5) is 5.69 Å². The molecule has 1 aliphatic rings. The monoisotopic (exact) mass is 282 g/mol. The van der Waals surface area contributed by atoms with Gasteiger partial charge in [-0.3, -0.25) is 19.3 Å². The first-order valence-corrected chi connectivity index (χ1v) is 5.96. The van der Waals surface area contributed by atoms with Gasteiger partial charge in [0.25, 0.3) is 11.7 Å². The van der Waals surface area contributed by atoms with Gasteiger partial charge in [0, 0.05) is 6.54 Å². The first-order valence-electron chi connectivity index (χ1n) is 5.58. The van der Waals surface area contributed by atoms with Gasteiger partial charge in [0.2, 0.25) is 5.91 Å². The summed E-state index contributed by atoms with van der Waals surface area (Å²) in [7, 11) is 0. The van der Waals surface area contributed by atoms with Crippen molar-refractivity contribution < 1.29 is 19.5 Å². The summed E-state index contributed by atoms with van der Waals surface area (Å²) in [6.45, 7) is -0.379. The maximum atomic E-state index is 11.8. The molecule has 0 aromatic heterocycles. The van der Waals surface area contributed by atoms with E-state index in [9.17, 15) is 14.4 Å². The Morgan fingerprint density at radius 1 is 1.37 bits per heavy atom. The quantitative estimate of drug-likeness (QED) is 0.760. The number of halogens is 1. The predicted octanol–water partition coefficient (Wildman–Crippen LogP) is -0.0222. The Morgan fingerprint density at radius 2 is 2.11 bits per heavy atom. The molecule has 0 atom stereocenters. The van der Waals surface area contributed by atoms with E-state index >= 15 is 0 Å². The fourth-order valence-corrected chi connectivity index (χ4v) is 2.11. The Morgan fingerprint density at radius 3 is 2.79 bits per heavy atom. The van der Waals surface area contributed by atoms with Crippen LogP contribution in [0.2, 0.25) is 5.02 Å². The largest absolute Gasteiger partial charge is 0.395 e. The van der Waals surface area contributed by atoms with E-state index in [1.54, 1.807) is 12.1 Å².